The molecule has 0 unspecified atom stereocenters. The van der Waals surface area contributed by atoms with Gasteiger partial charge in [0.15, 0.2) is 5.82 Å². The molecule has 90 valence electrons. The Morgan fingerprint density at radius 1 is 1.56 bits per heavy atom. The normalized spacial score (nSPS) is 10.8. The summed E-state index contributed by atoms with van der Waals surface area (Å²) in [5.74, 6) is 2.05. The smallest absolute Gasteiger partial charge is 0.232 e. The SMILES string of the molecule is Cc1nc(CN(C)C(=O)CSC(C)C)n[nH]1. The molecule has 0 aliphatic carbocycles. The van der Waals surface area contributed by atoms with Gasteiger partial charge in [-0.25, -0.2) is 4.98 Å². The topological polar surface area (TPSA) is 61.9 Å². The molecule has 0 saturated heterocycles. The van der Waals surface area contributed by atoms with Crippen molar-refractivity contribution in [2.45, 2.75) is 32.6 Å². The highest BCUT2D eigenvalue weighted by Gasteiger charge is 2.12. The first kappa shape index (κ1) is 13.0. The average Bonchev–Trinajstić information content (AvgIpc) is 2.60. The van der Waals surface area contributed by atoms with E-state index in [-0.39, 0.29) is 5.91 Å². The summed E-state index contributed by atoms with van der Waals surface area (Å²) in [5, 5.41) is 7.23. The molecule has 1 N–H and O–H groups in total. The number of carbonyl (C=O) groups is 1. The van der Waals surface area contributed by atoms with Gasteiger partial charge in [0.2, 0.25) is 5.91 Å². The van der Waals surface area contributed by atoms with Crippen LogP contribution < -0.4 is 0 Å². The molecule has 16 heavy (non-hydrogen) atoms. The Labute approximate surface area is 100 Å². The van der Waals surface area contributed by atoms with Crippen LogP contribution >= 0.6 is 11.8 Å². The maximum absolute atomic E-state index is 11.7. The number of amides is 1. The summed E-state index contributed by atoms with van der Waals surface area (Å²) in [4.78, 5) is 17.5. The lowest BCUT2D eigenvalue weighted by Gasteiger charge is -2.15. The third kappa shape index (κ3) is 4.22. The Bertz CT molecular complexity index is 350. The highest BCUT2D eigenvalue weighted by Crippen LogP contribution is 2.10. The number of nitrogens with one attached hydrogen (secondary N) is 1. The molecular weight excluding hydrogens is 224 g/mol. The van der Waals surface area contributed by atoms with E-state index in [1.54, 1.807) is 23.7 Å². The van der Waals surface area contributed by atoms with E-state index in [4.69, 9.17) is 0 Å². The molecule has 0 saturated carbocycles. The highest BCUT2D eigenvalue weighted by atomic mass is 32.2. The lowest BCUT2D eigenvalue weighted by atomic mass is 10.5. The Kier molecular flexibility index (Phi) is 4.79. The van der Waals surface area contributed by atoms with Crippen LogP contribution in [0.4, 0.5) is 0 Å². The van der Waals surface area contributed by atoms with Crippen molar-refractivity contribution in [3.05, 3.63) is 11.6 Å². The number of aryl methyl sites for hydroxylation is 1. The van der Waals surface area contributed by atoms with E-state index >= 15 is 0 Å². The summed E-state index contributed by atoms with van der Waals surface area (Å²) in [6.45, 7) is 6.46. The predicted molar refractivity (Wildman–Crippen MR) is 65.2 cm³/mol. The van der Waals surface area contributed by atoms with E-state index in [9.17, 15) is 4.79 Å². The van der Waals surface area contributed by atoms with E-state index in [1.165, 1.54) is 0 Å². The van der Waals surface area contributed by atoms with Gasteiger partial charge in [0, 0.05) is 7.05 Å². The van der Waals surface area contributed by atoms with Crippen molar-refractivity contribution < 1.29 is 4.79 Å². The van der Waals surface area contributed by atoms with E-state index in [2.05, 4.69) is 29.0 Å². The van der Waals surface area contributed by atoms with Crippen molar-refractivity contribution in [1.29, 1.82) is 0 Å². The van der Waals surface area contributed by atoms with Gasteiger partial charge in [-0.3, -0.25) is 9.89 Å². The molecule has 0 aliphatic heterocycles. The van der Waals surface area contributed by atoms with Crippen LogP contribution in [0.2, 0.25) is 0 Å². The van der Waals surface area contributed by atoms with Crippen LogP contribution in [0.5, 0.6) is 0 Å². The van der Waals surface area contributed by atoms with Crippen molar-refractivity contribution in [3.63, 3.8) is 0 Å². The lowest BCUT2D eigenvalue weighted by molar-refractivity contribution is -0.127. The van der Waals surface area contributed by atoms with Crippen molar-refractivity contribution in [1.82, 2.24) is 20.1 Å². The molecule has 0 bridgehead atoms. The molecule has 0 atom stereocenters. The molecule has 0 spiro atoms. The maximum Gasteiger partial charge on any atom is 0.232 e. The molecule has 6 heteroatoms. The Hall–Kier alpha value is -1.04. The van der Waals surface area contributed by atoms with Gasteiger partial charge in [-0.2, -0.15) is 5.10 Å². The minimum atomic E-state index is 0.112. The molecule has 5 nitrogen and oxygen atoms in total. The first-order valence-electron chi connectivity index (χ1n) is 5.22. The highest BCUT2D eigenvalue weighted by molar-refractivity contribution is 8.00. The van der Waals surface area contributed by atoms with Gasteiger partial charge in [-0.15, -0.1) is 11.8 Å². The summed E-state index contributed by atoms with van der Waals surface area (Å²) in [7, 11) is 1.77. The zero-order valence-corrected chi connectivity index (χ0v) is 11.0. The third-order valence-electron chi connectivity index (χ3n) is 1.99. The van der Waals surface area contributed by atoms with E-state index in [0.717, 1.165) is 5.82 Å². The summed E-state index contributed by atoms with van der Waals surface area (Å²) in [6, 6.07) is 0. The third-order valence-corrected chi connectivity index (χ3v) is 3.07. The fraction of sp³-hybridized carbons (Fsp3) is 0.700. The quantitative estimate of drug-likeness (QED) is 0.843. The van der Waals surface area contributed by atoms with Crippen molar-refractivity contribution in [2.75, 3.05) is 12.8 Å². The maximum atomic E-state index is 11.7. The number of H-pyrrole nitrogens is 1. The number of thioether (sulfide) groups is 1. The first-order valence-corrected chi connectivity index (χ1v) is 6.27. The molecule has 1 amide bonds. The van der Waals surface area contributed by atoms with Gasteiger partial charge in [-0.1, -0.05) is 13.8 Å². The minimum Gasteiger partial charge on any atom is -0.337 e. The number of aromatic amines is 1. The molecule has 1 heterocycles. The summed E-state index contributed by atoms with van der Waals surface area (Å²) in [6.07, 6.45) is 0. The zero-order valence-electron chi connectivity index (χ0n) is 10.1. The van der Waals surface area contributed by atoms with E-state index in [0.29, 0.717) is 23.4 Å². The molecule has 1 aromatic rings. The van der Waals surface area contributed by atoms with Crippen LogP contribution in [0.1, 0.15) is 25.5 Å². The van der Waals surface area contributed by atoms with Gasteiger partial charge >= 0.3 is 0 Å². The summed E-state index contributed by atoms with van der Waals surface area (Å²) >= 11 is 1.64. The van der Waals surface area contributed by atoms with Crippen molar-refractivity contribution in [2.24, 2.45) is 0 Å². The Morgan fingerprint density at radius 3 is 2.75 bits per heavy atom. The van der Waals surface area contributed by atoms with Gasteiger partial charge in [0.25, 0.3) is 0 Å². The molecule has 1 aromatic heterocycles. The van der Waals surface area contributed by atoms with Crippen LogP contribution in [0.15, 0.2) is 0 Å². The largest absolute Gasteiger partial charge is 0.337 e. The van der Waals surface area contributed by atoms with E-state index in [1.807, 2.05) is 6.92 Å². The number of aromatic nitrogens is 3. The Morgan fingerprint density at radius 2 is 2.25 bits per heavy atom. The number of hydrogen-bond acceptors (Lipinski definition) is 4. The first-order chi connectivity index (χ1) is 7.49. The fourth-order valence-electron chi connectivity index (χ4n) is 1.11. The van der Waals surface area contributed by atoms with Crippen LogP contribution in [0.25, 0.3) is 0 Å². The number of nitrogens with zero attached hydrogens (tertiary/aromatic N) is 3. The van der Waals surface area contributed by atoms with Crippen LogP contribution in [0, 0.1) is 6.92 Å². The number of carbonyl (C=O) groups excluding carboxylic acids is 1. The number of hydrogen-bond donors (Lipinski definition) is 1. The molecule has 0 fully saturated rings. The summed E-state index contributed by atoms with van der Waals surface area (Å²) < 4.78 is 0. The summed E-state index contributed by atoms with van der Waals surface area (Å²) in [5.41, 5.74) is 0. The lowest BCUT2D eigenvalue weighted by Crippen LogP contribution is -2.28. The molecule has 1 rings (SSSR count). The molecule has 0 radical (unpaired) electrons. The van der Waals surface area contributed by atoms with E-state index < -0.39 is 0 Å². The minimum absolute atomic E-state index is 0.112. The van der Waals surface area contributed by atoms with Crippen molar-refractivity contribution in [3.8, 4) is 0 Å². The molecule has 0 aliphatic rings. The fourth-order valence-corrected chi connectivity index (χ4v) is 1.80. The second-order valence-electron chi connectivity index (χ2n) is 3.95. The standard InChI is InChI=1S/C10H18N4OS/c1-7(2)16-6-10(15)14(4)5-9-11-8(3)12-13-9/h7H,5-6H2,1-4H3,(H,11,12,13). The average molecular weight is 242 g/mol. The van der Waals surface area contributed by atoms with Crippen LogP contribution in [-0.2, 0) is 11.3 Å². The molecular formula is C10H18N4OS. The van der Waals surface area contributed by atoms with Crippen LogP contribution in [0.3, 0.4) is 0 Å². The molecule has 0 aromatic carbocycles. The van der Waals surface area contributed by atoms with Crippen molar-refractivity contribution >= 4 is 17.7 Å². The number of rotatable bonds is 5. The second-order valence-corrected chi connectivity index (χ2v) is 5.51. The van der Waals surface area contributed by atoms with Gasteiger partial charge in [-0.05, 0) is 12.2 Å². The Balaban J connectivity index is 2.39. The monoisotopic (exact) mass is 242 g/mol. The van der Waals surface area contributed by atoms with Crippen LogP contribution in [-0.4, -0.2) is 44.0 Å². The predicted octanol–water partition coefficient (Wildman–Crippen LogP) is 1.21. The second kappa shape index (κ2) is 5.89. The van der Waals surface area contributed by atoms with Gasteiger partial charge in [0.1, 0.15) is 5.82 Å². The zero-order chi connectivity index (χ0) is 12.1. The van der Waals surface area contributed by atoms with Gasteiger partial charge in [0.05, 0.1) is 12.3 Å². The van der Waals surface area contributed by atoms with Gasteiger partial charge < -0.3 is 4.90 Å².